The van der Waals surface area contributed by atoms with Crippen LogP contribution < -0.4 is 0 Å². The lowest BCUT2D eigenvalue weighted by Gasteiger charge is -2.08. The molecule has 4 rings (SSSR count). The van der Waals surface area contributed by atoms with Crippen LogP contribution in [0.3, 0.4) is 0 Å². The number of benzene rings is 4. The normalized spacial score (nSPS) is 10.8. The first-order valence-electron chi connectivity index (χ1n) is 10.9. The smallest absolute Gasteiger partial charge is 0.166 e. The van der Waals surface area contributed by atoms with E-state index in [1.165, 1.54) is 24.3 Å². The van der Waals surface area contributed by atoms with Gasteiger partial charge in [-0.15, -0.1) is 0 Å². The highest BCUT2D eigenvalue weighted by Gasteiger charge is 2.11. The van der Waals surface area contributed by atoms with Gasteiger partial charge in [-0.2, -0.15) is 0 Å². The Morgan fingerprint density at radius 1 is 0.606 bits per heavy atom. The third-order valence-corrected chi connectivity index (χ3v) is 5.62. The minimum atomic E-state index is -0.875. The van der Waals surface area contributed by atoms with Crippen LogP contribution in [0.2, 0.25) is 0 Å². The van der Waals surface area contributed by atoms with Gasteiger partial charge in [-0.3, -0.25) is 0 Å². The van der Waals surface area contributed by atoms with Crippen molar-refractivity contribution in [2.24, 2.45) is 0 Å². The Morgan fingerprint density at radius 2 is 1.27 bits per heavy atom. The average molecular weight is 446 g/mol. The van der Waals surface area contributed by atoms with Gasteiger partial charge in [0.2, 0.25) is 0 Å². The number of hydrogen-bond acceptors (Lipinski definition) is 0. The van der Waals surface area contributed by atoms with Crippen molar-refractivity contribution in [2.75, 3.05) is 0 Å². The quantitative estimate of drug-likeness (QED) is 0.220. The summed E-state index contributed by atoms with van der Waals surface area (Å²) in [6.07, 6.45) is 2.29. The fourth-order valence-electron chi connectivity index (χ4n) is 3.84. The zero-order valence-corrected chi connectivity index (χ0v) is 18.2. The van der Waals surface area contributed by atoms with Gasteiger partial charge in [0.25, 0.3) is 0 Å². The van der Waals surface area contributed by atoms with Gasteiger partial charge >= 0.3 is 0 Å². The lowest BCUT2D eigenvalue weighted by molar-refractivity contribution is 0.517. The molecule has 0 saturated heterocycles. The summed E-state index contributed by atoms with van der Waals surface area (Å²) >= 11 is 0. The molecule has 0 atom stereocenters. The number of halogens is 4. The van der Waals surface area contributed by atoms with E-state index in [4.69, 9.17) is 0 Å². The second kappa shape index (κ2) is 9.92. The van der Waals surface area contributed by atoms with Crippen LogP contribution in [-0.4, -0.2) is 0 Å². The lowest BCUT2D eigenvalue weighted by Crippen LogP contribution is -2.01. The summed E-state index contributed by atoms with van der Waals surface area (Å²) in [4.78, 5) is 0. The Morgan fingerprint density at radius 3 is 1.97 bits per heavy atom. The first kappa shape index (κ1) is 22.6. The van der Waals surface area contributed by atoms with E-state index in [2.05, 4.69) is 11.8 Å². The van der Waals surface area contributed by atoms with Gasteiger partial charge in [-0.25, -0.2) is 17.6 Å². The van der Waals surface area contributed by atoms with E-state index in [1.807, 2.05) is 31.2 Å². The Hall–Kier alpha value is -3.58. The molecule has 0 bridgehead atoms. The van der Waals surface area contributed by atoms with Crippen LogP contribution in [0.5, 0.6) is 0 Å². The van der Waals surface area contributed by atoms with Crippen LogP contribution in [0.25, 0.3) is 10.8 Å². The van der Waals surface area contributed by atoms with Crippen molar-refractivity contribution in [3.8, 4) is 11.8 Å². The molecule has 0 N–H and O–H groups in total. The summed E-state index contributed by atoms with van der Waals surface area (Å²) in [5.74, 6) is 3.37. The van der Waals surface area contributed by atoms with Crippen LogP contribution in [0.15, 0.2) is 66.7 Å². The molecule has 0 unspecified atom stereocenters. The molecule has 0 spiro atoms. The minimum Gasteiger partial charge on any atom is -0.207 e. The molecule has 0 fully saturated rings. The number of fused-ring (bicyclic) bond motifs is 1. The molecule has 4 heteroatoms. The van der Waals surface area contributed by atoms with Gasteiger partial charge in [0.15, 0.2) is 11.6 Å². The maximum absolute atomic E-state index is 14.3. The van der Waals surface area contributed by atoms with Crippen molar-refractivity contribution >= 4 is 10.8 Å². The molecule has 0 heterocycles. The van der Waals surface area contributed by atoms with Gasteiger partial charge in [0, 0.05) is 22.1 Å². The maximum atomic E-state index is 14.3. The Kier molecular flexibility index (Phi) is 6.79. The van der Waals surface area contributed by atoms with Crippen LogP contribution in [0.4, 0.5) is 17.6 Å². The number of hydrogen-bond donors (Lipinski definition) is 0. The van der Waals surface area contributed by atoms with E-state index >= 15 is 0 Å². The largest absolute Gasteiger partial charge is 0.207 e. The minimum absolute atomic E-state index is 0.117. The Balaban J connectivity index is 1.44. The molecule has 0 aliphatic carbocycles. The van der Waals surface area contributed by atoms with Crippen LogP contribution in [0, 0.1) is 35.1 Å². The highest BCUT2D eigenvalue weighted by atomic mass is 19.2. The predicted octanol–water partition coefficient (Wildman–Crippen LogP) is 7.53. The first-order chi connectivity index (χ1) is 15.9. The van der Waals surface area contributed by atoms with Gasteiger partial charge in [0.05, 0.1) is 0 Å². The van der Waals surface area contributed by atoms with Crippen molar-refractivity contribution in [1.82, 2.24) is 0 Å². The fraction of sp³-hybridized carbons (Fsp3) is 0.172. The fourth-order valence-corrected chi connectivity index (χ4v) is 3.84. The summed E-state index contributed by atoms with van der Waals surface area (Å²) in [5.41, 5.74) is 3.23. The van der Waals surface area contributed by atoms with Gasteiger partial charge in [-0.1, -0.05) is 49.5 Å². The van der Waals surface area contributed by atoms with Crippen LogP contribution >= 0.6 is 0 Å². The first-order valence-corrected chi connectivity index (χ1v) is 10.9. The number of aryl methyl sites for hydroxylation is 2. The zero-order chi connectivity index (χ0) is 23.4. The SMILES string of the molecule is CCCc1cc(F)c(CCc2ccc(C#Cc3ccc4c(F)c(F)ccc4c3)cc2)c(F)c1. The van der Waals surface area contributed by atoms with Crippen molar-refractivity contribution in [1.29, 1.82) is 0 Å². The summed E-state index contributed by atoms with van der Waals surface area (Å²) in [5, 5.41) is 0.802. The molecule has 0 aromatic heterocycles. The van der Waals surface area contributed by atoms with Crippen molar-refractivity contribution in [2.45, 2.75) is 32.6 Å². The van der Waals surface area contributed by atoms with E-state index in [-0.39, 0.29) is 17.4 Å². The van der Waals surface area contributed by atoms with Gasteiger partial charge < -0.3 is 0 Å². The van der Waals surface area contributed by atoms with E-state index in [0.29, 0.717) is 29.4 Å². The molecular formula is C29H22F4. The van der Waals surface area contributed by atoms with Crippen LogP contribution in [0.1, 0.15) is 41.2 Å². The molecule has 0 radical (unpaired) electrons. The molecule has 33 heavy (non-hydrogen) atoms. The molecular weight excluding hydrogens is 424 g/mol. The van der Waals surface area contributed by atoms with E-state index in [9.17, 15) is 17.6 Å². The predicted molar refractivity (Wildman–Crippen MR) is 124 cm³/mol. The summed E-state index contributed by atoms with van der Waals surface area (Å²) < 4.78 is 55.8. The molecule has 0 nitrogen and oxygen atoms in total. The van der Waals surface area contributed by atoms with E-state index < -0.39 is 23.3 Å². The summed E-state index contributed by atoms with van der Waals surface area (Å²) in [6.45, 7) is 1.98. The maximum Gasteiger partial charge on any atom is 0.166 e. The highest BCUT2D eigenvalue weighted by Crippen LogP contribution is 2.22. The van der Waals surface area contributed by atoms with Crippen LogP contribution in [-0.2, 0) is 19.3 Å². The molecule has 0 aliphatic rings. The Bertz CT molecular complexity index is 1340. The topological polar surface area (TPSA) is 0 Å². The molecule has 4 aromatic carbocycles. The lowest BCUT2D eigenvalue weighted by atomic mass is 10.00. The van der Waals surface area contributed by atoms with E-state index in [1.54, 1.807) is 12.1 Å². The van der Waals surface area contributed by atoms with Crippen molar-refractivity contribution in [3.05, 3.63) is 118 Å². The molecule has 0 amide bonds. The summed E-state index contributed by atoms with van der Waals surface area (Å²) in [7, 11) is 0. The second-order valence-electron chi connectivity index (χ2n) is 8.03. The number of rotatable bonds is 5. The highest BCUT2D eigenvalue weighted by molar-refractivity contribution is 5.84. The molecule has 166 valence electrons. The third kappa shape index (κ3) is 5.26. The third-order valence-electron chi connectivity index (χ3n) is 5.62. The van der Waals surface area contributed by atoms with Crippen molar-refractivity contribution in [3.63, 3.8) is 0 Å². The van der Waals surface area contributed by atoms with E-state index in [0.717, 1.165) is 23.6 Å². The summed E-state index contributed by atoms with van der Waals surface area (Å²) in [6, 6.07) is 17.9. The molecule has 0 aliphatic heterocycles. The zero-order valence-electron chi connectivity index (χ0n) is 18.2. The average Bonchev–Trinajstić information content (AvgIpc) is 2.80. The Labute approximate surface area is 190 Å². The molecule has 0 saturated carbocycles. The van der Waals surface area contributed by atoms with Gasteiger partial charge in [0.1, 0.15) is 11.6 Å². The molecule has 4 aromatic rings. The second-order valence-corrected chi connectivity index (χ2v) is 8.03. The van der Waals surface area contributed by atoms with Crippen molar-refractivity contribution < 1.29 is 17.6 Å². The standard InChI is InChI=1S/C29H22F4/c1-2-3-22-17-27(31)25(28(32)18-22)14-10-20-6-4-19(5-7-20)8-9-21-11-13-24-23(16-21)12-15-26(30)29(24)33/h4-7,11-13,15-18H,2-3,10,14H2,1H3. The monoisotopic (exact) mass is 446 g/mol. The van der Waals surface area contributed by atoms with Gasteiger partial charge in [-0.05, 0) is 78.2 Å².